The van der Waals surface area contributed by atoms with Crippen molar-refractivity contribution in [2.75, 3.05) is 6.61 Å². The second-order valence-electron chi connectivity index (χ2n) is 1.92. The molecule has 0 bridgehead atoms. The fraction of sp³-hybridized carbons (Fsp3) is 1.00. The quantitative estimate of drug-likeness (QED) is 0.421. The molecule has 3 N–H and O–H groups in total. The monoisotopic (exact) mass is 235 g/mol. The Morgan fingerprint density at radius 2 is 1.77 bits per heavy atom. The maximum Gasteiger partial charge on any atom is 0.394 e. The van der Waals surface area contributed by atoms with Crippen LogP contribution in [0.25, 0.3) is 0 Å². The molecule has 2 atom stereocenters. The van der Waals surface area contributed by atoms with Crippen LogP contribution < -0.4 is 0 Å². The van der Waals surface area contributed by atoms with Crippen molar-refractivity contribution in [1.29, 1.82) is 0 Å². The van der Waals surface area contributed by atoms with E-state index in [0.29, 0.717) is 6.42 Å². The molecule has 2 unspecified atom stereocenters. The van der Waals surface area contributed by atoms with E-state index < -0.39 is 26.7 Å². The Bertz CT molecular complexity index is 221. The maximum atomic E-state index is 10.0. The van der Waals surface area contributed by atoms with Crippen LogP contribution in [0.15, 0.2) is 0 Å². The molecular weight excluding hydrogens is 224 g/mol. The third-order valence-corrected chi connectivity index (χ3v) is 1.96. The zero-order valence-electron chi connectivity index (χ0n) is 6.78. The van der Waals surface area contributed by atoms with Crippen LogP contribution in [0, 0.1) is 0 Å². The lowest BCUT2D eigenvalue weighted by Gasteiger charge is -2.13. The molecule has 0 aliphatic carbocycles. The normalized spacial score (nSPS) is 15.5. The SMILES string of the molecule is CCC(CO)S(=O)[O-].O=S(=O)(O)O. The highest BCUT2D eigenvalue weighted by atomic mass is 32.3. The van der Waals surface area contributed by atoms with Gasteiger partial charge >= 0.3 is 10.4 Å². The van der Waals surface area contributed by atoms with Crippen LogP contribution in [0.2, 0.25) is 0 Å². The highest BCUT2D eigenvalue weighted by Crippen LogP contribution is 1.95. The predicted molar refractivity (Wildman–Crippen MR) is 44.3 cm³/mol. The lowest BCUT2D eigenvalue weighted by molar-refractivity contribution is 0.286. The van der Waals surface area contributed by atoms with E-state index in [-0.39, 0.29) is 6.61 Å². The number of hydrogen-bond donors (Lipinski definition) is 3. The van der Waals surface area contributed by atoms with Crippen LogP contribution in [-0.2, 0) is 21.5 Å². The molecule has 0 spiro atoms. The third kappa shape index (κ3) is 18.7. The molecule has 82 valence electrons. The Morgan fingerprint density at radius 3 is 1.77 bits per heavy atom. The summed E-state index contributed by atoms with van der Waals surface area (Å²) in [6.45, 7) is 1.45. The number of rotatable bonds is 3. The summed E-state index contributed by atoms with van der Waals surface area (Å²) < 4.78 is 51.6. The van der Waals surface area contributed by atoms with Crippen LogP contribution in [-0.4, -0.2) is 43.2 Å². The van der Waals surface area contributed by atoms with Gasteiger partial charge in [0.1, 0.15) is 0 Å². The standard InChI is InChI=1S/C4H10O3S.H2O4S/c1-2-4(3-5)8(6)7;1-5(2,3)4/h4-5H,2-3H2,1H3,(H,6,7);(H2,1,2,3,4)/p-1. The van der Waals surface area contributed by atoms with E-state index in [1.807, 2.05) is 0 Å². The average Bonchev–Trinajstić information content (AvgIpc) is 1.85. The van der Waals surface area contributed by atoms with Crippen LogP contribution in [0.5, 0.6) is 0 Å². The van der Waals surface area contributed by atoms with Gasteiger partial charge in [-0.25, -0.2) is 0 Å². The molecule has 0 aromatic heterocycles. The Hall–Kier alpha value is -0.0600. The predicted octanol–water partition coefficient (Wildman–Crippen LogP) is -1.02. The molecule has 13 heavy (non-hydrogen) atoms. The van der Waals surface area contributed by atoms with Gasteiger partial charge in [0.15, 0.2) is 0 Å². The fourth-order valence-electron chi connectivity index (χ4n) is 0.326. The van der Waals surface area contributed by atoms with E-state index in [2.05, 4.69) is 0 Å². The smallest absolute Gasteiger partial charge is 0.394 e. The zero-order chi connectivity index (χ0) is 11.1. The van der Waals surface area contributed by atoms with Crippen molar-refractivity contribution >= 4 is 21.5 Å². The Balaban J connectivity index is 0. The lowest BCUT2D eigenvalue weighted by Crippen LogP contribution is -2.17. The summed E-state index contributed by atoms with van der Waals surface area (Å²) >= 11 is -2.10. The molecular formula is C4H11O7S2-. The van der Waals surface area contributed by atoms with Gasteiger partial charge in [-0.05, 0) is 17.5 Å². The summed E-state index contributed by atoms with van der Waals surface area (Å²) in [4.78, 5) is 0. The second-order valence-corrected chi connectivity index (χ2v) is 4.00. The summed E-state index contributed by atoms with van der Waals surface area (Å²) in [5.41, 5.74) is 0. The van der Waals surface area contributed by atoms with E-state index in [0.717, 1.165) is 0 Å². The first-order valence-electron chi connectivity index (χ1n) is 3.11. The van der Waals surface area contributed by atoms with E-state index in [1.54, 1.807) is 6.92 Å². The van der Waals surface area contributed by atoms with Gasteiger partial charge in [-0.15, -0.1) is 0 Å². The highest BCUT2D eigenvalue weighted by molar-refractivity contribution is 7.80. The van der Waals surface area contributed by atoms with E-state index in [1.165, 1.54) is 0 Å². The zero-order valence-corrected chi connectivity index (χ0v) is 8.42. The number of aliphatic hydroxyl groups excluding tert-OH is 1. The summed E-state index contributed by atoms with van der Waals surface area (Å²) in [5, 5.41) is 7.73. The molecule has 9 heteroatoms. The molecule has 0 aliphatic rings. The Morgan fingerprint density at radius 1 is 1.46 bits per heavy atom. The Labute approximate surface area is 78.6 Å². The number of hydrogen-bond acceptors (Lipinski definition) is 5. The summed E-state index contributed by atoms with van der Waals surface area (Å²) in [6, 6.07) is 0. The first kappa shape index (κ1) is 15.4. The van der Waals surface area contributed by atoms with E-state index in [4.69, 9.17) is 22.6 Å². The minimum Gasteiger partial charge on any atom is -0.772 e. The van der Waals surface area contributed by atoms with Gasteiger partial charge in [0.2, 0.25) is 0 Å². The van der Waals surface area contributed by atoms with Crippen LogP contribution in [0.1, 0.15) is 13.3 Å². The fourth-order valence-corrected chi connectivity index (χ4v) is 0.720. The van der Waals surface area contributed by atoms with Crippen molar-refractivity contribution < 1.29 is 31.4 Å². The van der Waals surface area contributed by atoms with Crippen LogP contribution >= 0.6 is 0 Å². The molecule has 0 aliphatic heterocycles. The van der Waals surface area contributed by atoms with Crippen molar-refractivity contribution in [3.05, 3.63) is 0 Å². The van der Waals surface area contributed by atoms with E-state index >= 15 is 0 Å². The molecule has 0 saturated heterocycles. The topological polar surface area (TPSA) is 135 Å². The molecule has 7 nitrogen and oxygen atoms in total. The molecule has 0 amide bonds. The Kier molecular flexibility index (Phi) is 8.72. The first-order valence-corrected chi connectivity index (χ1v) is 5.64. The molecule has 0 fully saturated rings. The van der Waals surface area contributed by atoms with E-state index in [9.17, 15) is 8.76 Å². The van der Waals surface area contributed by atoms with Gasteiger partial charge in [0, 0.05) is 5.25 Å². The number of aliphatic hydroxyl groups is 1. The summed E-state index contributed by atoms with van der Waals surface area (Å²) in [7, 11) is -4.67. The molecule has 0 radical (unpaired) electrons. The minimum atomic E-state index is -4.67. The first-order chi connectivity index (χ1) is 5.72. The van der Waals surface area contributed by atoms with Crippen molar-refractivity contribution in [3.8, 4) is 0 Å². The highest BCUT2D eigenvalue weighted by Gasteiger charge is 2.01. The van der Waals surface area contributed by atoms with Crippen molar-refractivity contribution in [1.82, 2.24) is 0 Å². The lowest BCUT2D eigenvalue weighted by atomic mass is 10.3. The summed E-state index contributed by atoms with van der Waals surface area (Å²) in [5.74, 6) is 0. The van der Waals surface area contributed by atoms with Gasteiger partial charge < -0.3 is 9.66 Å². The van der Waals surface area contributed by atoms with Crippen LogP contribution in [0.3, 0.4) is 0 Å². The largest absolute Gasteiger partial charge is 0.772 e. The van der Waals surface area contributed by atoms with Gasteiger partial charge in [0.25, 0.3) is 0 Å². The molecule has 0 rings (SSSR count). The van der Waals surface area contributed by atoms with Crippen molar-refractivity contribution in [2.45, 2.75) is 18.6 Å². The maximum absolute atomic E-state index is 10.0. The molecule has 0 heterocycles. The molecule has 0 saturated carbocycles. The van der Waals surface area contributed by atoms with Crippen molar-refractivity contribution in [2.24, 2.45) is 0 Å². The van der Waals surface area contributed by atoms with Crippen molar-refractivity contribution in [3.63, 3.8) is 0 Å². The van der Waals surface area contributed by atoms with Gasteiger partial charge in [0.05, 0.1) is 6.61 Å². The van der Waals surface area contributed by atoms with Gasteiger partial charge in [-0.3, -0.25) is 13.3 Å². The molecule has 0 aromatic rings. The second kappa shape index (κ2) is 7.35. The summed E-state index contributed by atoms with van der Waals surface area (Å²) in [6.07, 6.45) is 0.479. The van der Waals surface area contributed by atoms with Gasteiger partial charge in [-0.1, -0.05) is 6.92 Å². The van der Waals surface area contributed by atoms with Crippen LogP contribution in [0.4, 0.5) is 0 Å². The van der Waals surface area contributed by atoms with Gasteiger partial charge in [-0.2, -0.15) is 8.42 Å². The molecule has 0 aromatic carbocycles. The average molecular weight is 235 g/mol. The third-order valence-electron chi connectivity index (χ3n) is 0.931. The minimum absolute atomic E-state index is 0.271.